The summed E-state index contributed by atoms with van der Waals surface area (Å²) in [5.41, 5.74) is 1.11. The summed E-state index contributed by atoms with van der Waals surface area (Å²) in [5, 5.41) is 3.05. The number of hydrogen-bond donors (Lipinski definition) is 1. The summed E-state index contributed by atoms with van der Waals surface area (Å²) in [4.78, 5) is 14.9. The lowest BCUT2D eigenvalue weighted by molar-refractivity contribution is -0.137. The molecule has 1 heterocycles. The molecular weight excluding hydrogens is 353 g/mol. The third kappa shape index (κ3) is 4.50. The second-order valence-corrected chi connectivity index (χ2v) is 7.19. The van der Waals surface area contributed by atoms with E-state index in [4.69, 9.17) is 0 Å². The van der Waals surface area contributed by atoms with Gasteiger partial charge in [0.1, 0.15) is 0 Å². The molecule has 1 aliphatic rings. The fourth-order valence-electron chi connectivity index (χ4n) is 3.67. The number of likely N-dealkylation sites (N-methyl/N-ethyl adjacent to an activating group) is 1. The molecule has 0 aromatic heterocycles. The van der Waals surface area contributed by atoms with Crippen LogP contribution in [0, 0.1) is 5.92 Å². The van der Waals surface area contributed by atoms with Gasteiger partial charge in [-0.2, -0.15) is 13.2 Å². The van der Waals surface area contributed by atoms with Crippen molar-refractivity contribution < 1.29 is 18.0 Å². The van der Waals surface area contributed by atoms with Crippen molar-refractivity contribution in [2.45, 2.75) is 25.1 Å². The van der Waals surface area contributed by atoms with Crippen molar-refractivity contribution in [3.8, 4) is 0 Å². The molecule has 3 unspecified atom stereocenters. The first-order chi connectivity index (χ1) is 12.8. The first-order valence-corrected chi connectivity index (χ1v) is 8.96. The van der Waals surface area contributed by atoms with E-state index in [1.54, 1.807) is 0 Å². The maximum absolute atomic E-state index is 12.9. The van der Waals surface area contributed by atoms with Crippen molar-refractivity contribution >= 4 is 5.91 Å². The first kappa shape index (κ1) is 19.4. The van der Waals surface area contributed by atoms with Crippen LogP contribution in [0.2, 0.25) is 0 Å². The van der Waals surface area contributed by atoms with Crippen molar-refractivity contribution in [3.05, 3.63) is 71.3 Å². The average molecular weight is 376 g/mol. The monoisotopic (exact) mass is 376 g/mol. The van der Waals surface area contributed by atoms with Gasteiger partial charge in [0.2, 0.25) is 5.91 Å². The van der Waals surface area contributed by atoms with Gasteiger partial charge in [0.05, 0.1) is 17.5 Å². The van der Waals surface area contributed by atoms with Crippen molar-refractivity contribution in [2.24, 2.45) is 5.92 Å². The topological polar surface area (TPSA) is 32.3 Å². The second-order valence-electron chi connectivity index (χ2n) is 7.19. The first-order valence-electron chi connectivity index (χ1n) is 8.96. The molecule has 0 bridgehead atoms. The van der Waals surface area contributed by atoms with Gasteiger partial charge in [-0.1, -0.05) is 42.5 Å². The Balaban J connectivity index is 1.74. The fraction of sp³-hybridized carbons (Fsp3) is 0.381. The quantitative estimate of drug-likeness (QED) is 0.866. The predicted octanol–water partition coefficient (Wildman–Crippen LogP) is 4.23. The van der Waals surface area contributed by atoms with E-state index in [0.29, 0.717) is 13.1 Å². The molecule has 3 nitrogen and oxygen atoms in total. The van der Waals surface area contributed by atoms with E-state index in [0.717, 1.165) is 23.3 Å². The van der Waals surface area contributed by atoms with E-state index < -0.39 is 11.7 Å². The maximum atomic E-state index is 12.9. The van der Waals surface area contributed by atoms with Crippen LogP contribution >= 0.6 is 0 Å². The van der Waals surface area contributed by atoms with Crippen molar-refractivity contribution in [3.63, 3.8) is 0 Å². The van der Waals surface area contributed by atoms with E-state index in [9.17, 15) is 18.0 Å². The van der Waals surface area contributed by atoms with Crippen LogP contribution in [-0.2, 0) is 11.0 Å². The van der Waals surface area contributed by atoms with Crippen LogP contribution in [0.15, 0.2) is 54.6 Å². The molecule has 0 radical (unpaired) electrons. The summed E-state index contributed by atoms with van der Waals surface area (Å²) in [6, 6.07) is 14.7. The second kappa shape index (κ2) is 7.72. The summed E-state index contributed by atoms with van der Waals surface area (Å²) in [6.07, 6.45) is -4.35. The van der Waals surface area contributed by atoms with Crippen LogP contribution in [0.4, 0.5) is 13.2 Å². The Morgan fingerprint density at radius 2 is 1.70 bits per heavy atom. The molecule has 6 heteroatoms. The van der Waals surface area contributed by atoms with Crippen molar-refractivity contribution in [2.75, 3.05) is 20.1 Å². The van der Waals surface area contributed by atoms with E-state index in [1.807, 2.05) is 49.2 Å². The molecule has 0 aliphatic carbocycles. The lowest BCUT2D eigenvalue weighted by Gasteiger charge is -2.22. The van der Waals surface area contributed by atoms with Crippen LogP contribution in [0.3, 0.4) is 0 Å². The average Bonchev–Trinajstić information content (AvgIpc) is 3.04. The minimum atomic E-state index is -4.35. The number of halogens is 3. The smallest absolute Gasteiger partial charge is 0.349 e. The van der Waals surface area contributed by atoms with Crippen LogP contribution in [-0.4, -0.2) is 30.9 Å². The molecule has 1 aliphatic heterocycles. The summed E-state index contributed by atoms with van der Waals surface area (Å²) in [7, 11) is 1.92. The van der Waals surface area contributed by atoms with Crippen molar-refractivity contribution in [1.29, 1.82) is 0 Å². The molecule has 1 saturated heterocycles. The molecular formula is C21H23F3N2O. The van der Waals surface area contributed by atoms with E-state index in [-0.39, 0.29) is 23.8 Å². The Morgan fingerprint density at radius 1 is 1.07 bits per heavy atom. The number of carbonyl (C=O) groups is 1. The van der Waals surface area contributed by atoms with Crippen LogP contribution < -0.4 is 5.32 Å². The third-order valence-corrected chi connectivity index (χ3v) is 5.16. The van der Waals surface area contributed by atoms with Gasteiger partial charge in [-0.25, -0.2) is 0 Å². The third-order valence-electron chi connectivity index (χ3n) is 5.16. The molecule has 3 rings (SSSR count). The molecule has 1 amide bonds. The molecule has 144 valence electrons. The molecule has 0 saturated carbocycles. The highest BCUT2D eigenvalue weighted by atomic mass is 19.4. The number of nitrogens with zero attached hydrogens (tertiary/aromatic N) is 1. The van der Waals surface area contributed by atoms with Crippen molar-refractivity contribution in [1.82, 2.24) is 10.2 Å². The molecule has 1 N–H and O–H groups in total. The number of nitrogens with one attached hydrogen (secondary N) is 1. The minimum Gasteiger partial charge on any atom is -0.349 e. The highest BCUT2D eigenvalue weighted by Crippen LogP contribution is 2.35. The van der Waals surface area contributed by atoms with Crippen LogP contribution in [0.25, 0.3) is 0 Å². The van der Waals surface area contributed by atoms with Crippen LogP contribution in [0.1, 0.15) is 35.6 Å². The predicted molar refractivity (Wildman–Crippen MR) is 98.2 cm³/mol. The highest BCUT2D eigenvalue weighted by molar-refractivity contribution is 5.81. The fourth-order valence-corrected chi connectivity index (χ4v) is 3.67. The zero-order chi connectivity index (χ0) is 19.6. The zero-order valence-corrected chi connectivity index (χ0v) is 15.3. The van der Waals surface area contributed by atoms with Gasteiger partial charge in [-0.05, 0) is 37.2 Å². The molecule has 2 aromatic carbocycles. The summed E-state index contributed by atoms with van der Waals surface area (Å²) >= 11 is 0. The van der Waals surface area contributed by atoms with Gasteiger partial charge in [0, 0.05) is 19.0 Å². The lowest BCUT2D eigenvalue weighted by atomic mass is 9.87. The maximum Gasteiger partial charge on any atom is 0.416 e. The van der Waals surface area contributed by atoms with Gasteiger partial charge in [-0.15, -0.1) is 0 Å². The zero-order valence-electron chi connectivity index (χ0n) is 15.3. The van der Waals surface area contributed by atoms with Gasteiger partial charge in [-0.3, -0.25) is 4.79 Å². The highest BCUT2D eigenvalue weighted by Gasteiger charge is 2.38. The molecule has 2 aromatic rings. The molecule has 0 spiro atoms. The molecule has 3 atom stereocenters. The Morgan fingerprint density at radius 3 is 2.30 bits per heavy atom. The van der Waals surface area contributed by atoms with E-state index >= 15 is 0 Å². The number of alkyl halides is 3. The molecule has 27 heavy (non-hydrogen) atoms. The largest absolute Gasteiger partial charge is 0.416 e. The standard InChI is InChI=1S/C21H23F3N2O/c1-14(15-6-4-3-5-7-15)25-20(27)19-13-26(2)12-18(19)16-8-10-17(11-9-16)21(22,23)24/h3-11,14,18-19H,12-13H2,1-2H3,(H,25,27). The number of likely N-dealkylation sites (tertiary alicyclic amines) is 1. The SMILES string of the molecule is CC(NC(=O)C1CN(C)CC1c1ccc(C(F)(F)F)cc1)c1ccccc1. The van der Waals surface area contributed by atoms with E-state index in [2.05, 4.69) is 5.32 Å². The number of amides is 1. The van der Waals surface area contributed by atoms with Crippen LogP contribution in [0.5, 0.6) is 0 Å². The Kier molecular flexibility index (Phi) is 5.56. The van der Waals surface area contributed by atoms with Gasteiger partial charge >= 0.3 is 6.18 Å². The minimum absolute atomic E-state index is 0.0689. The number of carbonyl (C=O) groups excluding carboxylic acids is 1. The summed E-state index contributed by atoms with van der Waals surface area (Å²) in [5.74, 6) is -0.487. The number of rotatable bonds is 4. The van der Waals surface area contributed by atoms with Gasteiger partial charge in [0.25, 0.3) is 0 Å². The number of hydrogen-bond acceptors (Lipinski definition) is 2. The van der Waals surface area contributed by atoms with Gasteiger partial charge in [0.15, 0.2) is 0 Å². The Labute approximate surface area is 157 Å². The lowest BCUT2D eigenvalue weighted by Crippen LogP contribution is -2.36. The normalized spacial score (nSPS) is 21.8. The van der Waals surface area contributed by atoms with E-state index in [1.165, 1.54) is 12.1 Å². The Hall–Kier alpha value is -2.34. The number of benzene rings is 2. The summed E-state index contributed by atoms with van der Waals surface area (Å²) < 4.78 is 38.4. The Bertz CT molecular complexity index is 774. The molecule has 1 fully saturated rings. The summed E-state index contributed by atoms with van der Waals surface area (Å²) in [6.45, 7) is 3.15. The van der Waals surface area contributed by atoms with Gasteiger partial charge < -0.3 is 10.2 Å².